The van der Waals surface area contributed by atoms with Gasteiger partial charge in [-0.2, -0.15) is 0 Å². The number of ether oxygens (including phenoxy) is 1. The summed E-state index contributed by atoms with van der Waals surface area (Å²) in [5, 5.41) is 3.45. The lowest BCUT2D eigenvalue weighted by Gasteiger charge is -2.31. The Morgan fingerprint density at radius 1 is 1.29 bits per heavy atom. The maximum absolute atomic E-state index is 5.43. The fourth-order valence-corrected chi connectivity index (χ4v) is 3.74. The largest absolute Gasteiger partial charge is 0.381 e. The average molecular weight is 363 g/mol. The Hall–Kier alpha value is 0.1000. The summed E-state index contributed by atoms with van der Waals surface area (Å²) in [6.45, 7) is 1.77. The molecule has 1 aliphatic heterocycles. The SMILES string of the molecule is CNC(c1ccc(Br)cc1Br)C1CCOCC1. The van der Waals surface area contributed by atoms with E-state index in [2.05, 4.69) is 55.4 Å². The topological polar surface area (TPSA) is 21.3 Å². The predicted molar refractivity (Wildman–Crippen MR) is 77.2 cm³/mol. The smallest absolute Gasteiger partial charge is 0.0469 e. The molecule has 0 aromatic heterocycles. The molecule has 1 aliphatic rings. The number of nitrogens with one attached hydrogen (secondary N) is 1. The summed E-state index contributed by atoms with van der Waals surface area (Å²) in [6, 6.07) is 6.80. The van der Waals surface area contributed by atoms with Crippen molar-refractivity contribution in [3.63, 3.8) is 0 Å². The van der Waals surface area contributed by atoms with E-state index in [1.165, 1.54) is 5.56 Å². The van der Waals surface area contributed by atoms with E-state index in [1.807, 2.05) is 7.05 Å². The molecule has 0 radical (unpaired) electrons. The molecule has 1 N–H and O–H groups in total. The van der Waals surface area contributed by atoms with E-state index in [1.54, 1.807) is 0 Å². The van der Waals surface area contributed by atoms with E-state index in [0.717, 1.165) is 35.0 Å². The molecule has 0 aliphatic carbocycles. The summed E-state index contributed by atoms with van der Waals surface area (Å²) in [4.78, 5) is 0. The van der Waals surface area contributed by atoms with E-state index in [0.29, 0.717) is 12.0 Å². The summed E-state index contributed by atoms with van der Waals surface area (Å²) < 4.78 is 7.70. The lowest BCUT2D eigenvalue weighted by Crippen LogP contribution is -2.30. The molecule has 1 saturated heterocycles. The zero-order valence-electron chi connectivity index (χ0n) is 9.88. The Morgan fingerprint density at radius 3 is 2.59 bits per heavy atom. The van der Waals surface area contributed by atoms with Crippen LogP contribution in [0.2, 0.25) is 0 Å². The van der Waals surface area contributed by atoms with Gasteiger partial charge in [0.2, 0.25) is 0 Å². The summed E-state index contributed by atoms with van der Waals surface area (Å²) in [5.74, 6) is 0.659. The molecule has 1 unspecified atom stereocenters. The highest BCUT2D eigenvalue weighted by Gasteiger charge is 2.25. The fraction of sp³-hybridized carbons (Fsp3) is 0.538. The Morgan fingerprint density at radius 2 is 2.00 bits per heavy atom. The Bertz CT molecular complexity index is 378. The van der Waals surface area contributed by atoms with Gasteiger partial charge in [-0.25, -0.2) is 0 Å². The second-order valence-electron chi connectivity index (χ2n) is 4.38. The van der Waals surface area contributed by atoms with Crippen LogP contribution < -0.4 is 5.32 Å². The molecule has 1 aromatic rings. The van der Waals surface area contributed by atoms with Crippen molar-refractivity contribution in [2.45, 2.75) is 18.9 Å². The molecule has 94 valence electrons. The van der Waals surface area contributed by atoms with Crippen LogP contribution in [-0.4, -0.2) is 20.3 Å². The molecule has 0 amide bonds. The van der Waals surface area contributed by atoms with E-state index >= 15 is 0 Å². The Labute approximate surface area is 119 Å². The Balaban J connectivity index is 2.21. The van der Waals surface area contributed by atoms with Gasteiger partial charge in [-0.05, 0) is 43.5 Å². The van der Waals surface area contributed by atoms with Crippen LogP contribution in [0.5, 0.6) is 0 Å². The van der Waals surface area contributed by atoms with Crippen LogP contribution in [0.25, 0.3) is 0 Å². The van der Waals surface area contributed by atoms with Crippen LogP contribution in [0, 0.1) is 5.92 Å². The van der Waals surface area contributed by atoms with Crippen molar-refractivity contribution in [2.24, 2.45) is 5.92 Å². The van der Waals surface area contributed by atoms with Gasteiger partial charge in [-0.15, -0.1) is 0 Å². The molecular weight excluding hydrogens is 346 g/mol. The molecule has 0 spiro atoms. The summed E-state index contributed by atoms with van der Waals surface area (Å²) in [7, 11) is 2.04. The van der Waals surface area contributed by atoms with E-state index in [-0.39, 0.29) is 0 Å². The van der Waals surface area contributed by atoms with Gasteiger partial charge in [0.25, 0.3) is 0 Å². The van der Waals surface area contributed by atoms with Crippen molar-refractivity contribution in [1.82, 2.24) is 5.32 Å². The normalized spacial score (nSPS) is 19.2. The van der Waals surface area contributed by atoms with E-state index < -0.39 is 0 Å². The molecular formula is C13H17Br2NO. The first-order valence-electron chi connectivity index (χ1n) is 5.92. The highest BCUT2D eigenvalue weighted by Crippen LogP contribution is 2.34. The number of benzene rings is 1. The second kappa shape index (κ2) is 6.32. The molecule has 2 rings (SSSR count). The third-order valence-electron chi connectivity index (χ3n) is 3.35. The first kappa shape index (κ1) is 13.5. The van der Waals surface area contributed by atoms with Crippen molar-refractivity contribution in [3.05, 3.63) is 32.7 Å². The van der Waals surface area contributed by atoms with Crippen molar-refractivity contribution in [1.29, 1.82) is 0 Å². The van der Waals surface area contributed by atoms with E-state index in [9.17, 15) is 0 Å². The van der Waals surface area contributed by atoms with Crippen LogP contribution in [-0.2, 0) is 4.74 Å². The molecule has 0 saturated carbocycles. The molecule has 1 heterocycles. The van der Waals surface area contributed by atoms with Gasteiger partial charge in [0.1, 0.15) is 0 Å². The number of hydrogen-bond donors (Lipinski definition) is 1. The maximum Gasteiger partial charge on any atom is 0.0469 e. The molecule has 2 nitrogen and oxygen atoms in total. The zero-order chi connectivity index (χ0) is 12.3. The number of hydrogen-bond acceptors (Lipinski definition) is 2. The Kier molecular flexibility index (Phi) is 5.03. The number of rotatable bonds is 3. The van der Waals surface area contributed by atoms with Gasteiger partial charge in [0.15, 0.2) is 0 Å². The molecule has 4 heteroatoms. The monoisotopic (exact) mass is 361 g/mol. The van der Waals surface area contributed by atoms with Gasteiger partial charge < -0.3 is 10.1 Å². The van der Waals surface area contributed by atoms with Crippen molar-refractivity contribution >= 4 is 31.9 Å². The average Bonchev–Trinajstić information content (AvgIpc) is 2.34. The van der Waals surface area contributed by atoms with Gasteiger partial charge in [-0.3, -0.25) is 0 Å². The van der Waals surface area contributed by atoms with E-state index in [4.69, 9.17) is 4.74 Å². The molecule has 17 heavy (non-hydrogen) atoms. The first-order chi connectivity index (χ1) is 8.22. The van der Waals surface area contributed by atoms with Crippen LogP contribution in [0.3, 0.4) is 0 Å². The molecule has 1 aromatic carbocycles. The fourth-order valence-electron chi connectivity index (χ4n) is 2.45. The van der Waals surface area contributed by atoms with Crippen molar-refractivity contribution in [3.8, 4) is 0 Å². The third-order valence-corrected chi connectivity index (χ3v) is 4.53. The summed E-state index contributed by atoms with van der Waals surface area (Å²) in [5.41, 5.74) is 1.34. The highest BCUT2D eigenvalue weighted by molar-refractivity contribution is 9.11. The summed E-state index contributed by atoms with van der Waals surface area (Å²) in [6.07, 6.45) is 2.27. The third kappa shape index (κ3) is 3.31. The summed E-state index contributed by atoms with van der Waals surface area (Å²) >= 11 is 7.15. The standard InChI is InChI=1S/C13H17Br2NO/c1-16-13(9-4-6-17-7-5-9)11-3-2-10(14)8-12(11)15/h2-3,8-9,13,16H,4-7H2,1H3. The lowest BCUT2D eigenvalue weighted by atomic mass is 9.87. The van der Waals surface area contributed by atoms with Gasteiger partial charge >= 0.3 is 0 Å². The van der Waals surface area contributed by atoms with Crippen LogP contribution in [0.1, 0.15) is 24.4 Å². The minimum absolute atomic E-state index is 0.404. The second-order valence-corrected chi connectivity index (χ2v) is 6.15. The predicted octanol–water partition coefficient (Wildman–Crippen LogP) is 3.90. The van der Waals surface area contributed by atoms with Gasteiger partial charge in [0, 0.05) is 28.2 Å². The minimum Gasteiger partial charge on any atom is -0.381 e. The lowest BCUT2D eigenvalue weighted by molar-refractivity contribution is 0.0545. The maximum atomic E-state index is 5.43. The van der Waals surface area contributed by atoms with Crippen LogP contribution in [0.15, 0.2) is 27.1 Å². The molecule has 0 bridgehead atoms. The number of halogens is 2. The van der Waals surface area contributed by atoms with Crippen molar-refractivity contribution < 1.29 is 4.74 Å². The van der Waals surface area contributed by atoms with Gasteiger partial charge in [0.05, 0.1) is 0 Å². The quantitative estimate of drug-likeness (QED) is 0.880. The zero-order valence-corrected chi connectivity index (χ0v) is 13.1. The van der Waals surface area contributed by atoms with Crippen LogP contribution >= 0.6 is 31.9 Å². The van der Waals surface area contributed by atoms with Crippen molar-refractivity contribution in [2.75, 3.05) is 20.3 Å². The molecule has 1 fully saturated rings. The first-order valence-corrected chi connectivity index (χ1v) is 7.51. The van der Waals surface area contributed by atoms with Crippen LogP contribution in [0.4, 0.5) is 0 Å². The minimum atomic E-state index is 0.404. The van der Waals surface area contributed by atoms with Gasteiger partial charge in [-0.1, -0.05) is 37.9 Å². The molecule has 1 atom stereocenters. The highest BCUT2D eigenvalue weighted by atomic mass is 79.9.